The molecule has 6 nitrogen and oxygen atoms in total. The minimum Gasteiger partial charge on any atom is -0.423 e. The number of hydrogen-bond donors (Lipinski definition) is 1. The maximum absolute atomic E-state index is 13.0. The zero-order chi connectivity index (χ0) is 21.3. The summed E-state index contributed by atoms with van der Waals surface area (Å²) in [6.45, 7) is -0.243. The van der Waals surface area contributed by atoms with Gasteiger partial charge in [-0.2, -0.15) is 0 Å². The number of thioether (sulfide) groups is 1. The lowest BCUT2D eigenvalue weighted by atomic mass is 10.2. The first-order valence-electron chi connectivity index (χ1n) is 8.74. The van der Waals surface area contributed by atoms with Crippen LogP contribution in [0.2, 0.25) is 0 Å². The average Bonchev–Trinajstić information content (AvgIpc) is 2.97. The fourth-order valence-electron chi connectivity index (χ4n) is 2.84. The third-order valence-corrected chi connectivity index (χ3v) is 5.62. The first kappa shape index (κ1) is 20.0. The zero-order valence-electron chi connectivity index (χ0n) is 15.3. The molecule has 9 heteroatoms. The molecule has 0 spiro atoms. The molecule has 30 heavy (non-hydrogen) atoms. The maximum Gasteiger partial charge on any atom is 0.336 e. The first-order valence-corrected chi connectivity index (χ1v) is 9.96. The Hall–Kier alpha value is -3.30. The molecule has 1 aromatic heterocycles. The molecule has 150 valence electrons. The summed E-state index contributed by atoms with van der Waals surface area (Å²) in [6, 6.07) is 13.4. The summed E-state index contributed by atoms with van der Waals surface area (Å²) >= 11 is 6.32. The number of halogens is 1. The Morgan fingerprint density at radius 3 is 2.67 bits per heavy atom. The molecule has 2 aromatic carbocycles. The molecule has 1 saturated heterocycles. The second-order valence-corrected chi connectivity index (χ2v) is 8.05. The number of rotatable bonds is 4. The van der Waals surface area contributed by atoms with Crippen LogP contribution in [0.3, 0.4) is 0 Å². The third kappa shape index (κ3) is 4.32. The number of carbonyl (C=O) groups excluding carboxylic acids is 2. The molecular weight excluding hydrogens is 427 g/mol. The van der Waals surface area contributed by atoms with Crippen molar-refractivity contribution < 1.29 is 18.4 Å². The molecule has 0 radical (unpaired) electrons. The Morgan fingerprint density at radius 1 is 1.13 bits per heavy atom. The Balaban J connectivity index is 1.45. The molecule has 2 amide bonds. The van der Waals surface area contributed by atoms with Gasteiger partial charge in [-0.15, -0.1) is 0 Å². The van der Waals surface area contributed by atoms with Crippen LogP contribution in [-0.4, -0.2) is 27.6 Å². The van der Waals surface area contributed by atoms with E-state index in [4.69, 9.17) is 16.6 Å². The highest BCUT2D eigenvalue weighted by molar-refractivity contribution is 8.26. The summed E-state index contributed by atoms with van der Waals surface area (Å²) in [7, 11) is 0. The number of nitrogens with zero attached hydrogens (tertiary/aromatic N) is 1. The van der Waals surface area contributed by atoms with Gasteiger partial charge in [0.2, 0.25) is 5.91 Å². The lowest BCUT2D eigenvalue weighted by molar-refractivity contribution is -0.126. The van der Waals surface area contributed by atoms with Gasteiger partial charge in [0.15, 0.2) is 0 Å². The summed E-state index contributed by atoms with van der Waals surface area (Å²) in [6.07, 6.45) is 1.60. The van der Waals surface area contributed by atoms with E-state index in [0.29, 0.717) is 27.1 Å². The molecule has 1 N–H and O–H groups in total. The van der Waals surface area contributed by atoms with Crippen LogP contribution < -0.4 is 10.9 Å². The first-order chi connectivity index (χ1) is 14.4. The third-order valence-electron chi connectivity index (χ3n) is 4.25. The minimum atomic E-state index is -0.456. The van der Waals surface area contributed by atoms with Gasteiger partial charge in [0, 0.05) is 17.1 Å². The van der Waals surface area contributed by atoms with Crippen LogP contribution >= 0.6 is 24.0 Å². The molecular formula is C21H13FN2O4S2. The number of thiocarbonyl (C=S) groups is 1. The summed E-state index contributed by atoms with van der Waals surface area (Å²) in [5.41, 5.74) is 1.10. The molecule has 3 aromatic rings. The molecule has 1 aliphatic rings. The highest BCUT2D eigenvalue weighted by atomic mass is 32.2. The molecule has 1 aliphatic heterocycles. The second kappa shape index (κ2) is 8.21. The molecule has 0 unspecified atom stereocenters. The van der Waals surface area contributed by atoms with E-state index in [2.05, 4.69) is 5.32 Å². The van der Waals surface area contributed by atoms with E-state index >= 15 is 0 Å². The van der Waals surface area contributed by atoms with E-state index in [-0.39, 0.29) is 22.6 Å². The SMILES string of the molecule is O=C(CN1C(=O)C(=Cc2ccc(F)cc2)SC1=S)Nc1ccc2oc(=O)ccc2c1. The maximum atomic E-state index is 13.0. The number of amides is 2. The fraction of sp³-hybridized carbons (Fsp3) is 0.0476. The summed E-state index contributed by atoms with van der Waals surface area (Å²) in [5.74, 6) is -1.18. The second-order valence-electron chi connectivity index (χ2n) is 6.37. The van der Waals surface area contributed by atoms with Crippen LogP contribution in [-0.2, 0) is 9.59 Å². The Kier molecular flexibility index (Phi) is 5.47. The smallest absolute Gasteiger partial charge is 0.336 e. The van der Waals surface area contributed by atoms with Gasteiger partial charge in [-0.25, -0.2) is 9.18 Å². The number of carbonyl (C=O) groups is 2. The van der Waals surface area contributed by atoms with Crippen molar-refractivity contribution in [3.8, 4) is 0 Å². The van der Waals surface area contributed by atoms with Gasteiger partial charge in [-0.3, -0.25) is 14.5 Å². The van der Waals surface area contributed by atoms with Gasteiger partial charge >= 0.3 is 5.63 Å². The van der Waals surface area contributed by atoms with E-state index in [1.807, 2.05) is 0 Å². The monoisotopic (exact) mass is 440 g/mol. The van der Waals surface area contributed by atoms with Crippen LogP contribution in [0.4, 0.5) is 10.1 Å². The number of anilines is 1. The predicted octanol–water partition coefficient (Wildman–Crippen LogP) is 3.77. The van der Waals surface area contributed by atoms with Crippen molar-refractivity contribution >= 4 is 62.8 Å². The Morgan fingerprint density at radius 2 is 1.90 bits per heavy atom. The van der Waals surface area contributed by atoms with Crippen molar-refractivity contribution in [2.45, 2.75) is 0 Å². The van der Waals surface area contributed by atoms with E-state index in [9.17, 15) is 18.8 Å². The van der Waals surface area contributed by atoms with Gasteiger partial charge in [0.05, 0.1) is 4.91 Å². The van der Waals surface area contributed by atoms with Crippen molar-refractivity contribution in [1.29, 1.82) is 0 Å². The topological polar surface area (TPSA) is 79.6 Å². The Labute approximate surface area is 179 Å². The van der Waals surface area contributed by atoms with E-state index in [0.717, 1.165) is 11.8 Å². The molecule has 0 bridgehead atoms. The lowest BCUT2D eigenvalue weighted by Gasteiger charge is -2.14. The van der Waals surface area contributed by atoms with Gasteiger partial charge < -0.3 is 9.73 Å². The highest BCUT2D eigenvalue weighted by Crippen LogP contribution is 2.32. The average molecular weight is 440 g/mol. The van der Waals surface area contributed by atoms with E-state index in [1.54, 1.807) is 42.5 Å². The lowest BCUT2D eigenvalue weighted by Crippen LogP contribution is -2.36. The van der Waals surface area contributed by atoms with Crippen molar-refractivity contribution in [2.75, 3.05) is 11.9 Å². The Bertz CT molecular complexity index is 1270. The van der Waals surface area contributed by atoms with Crippen molar-refractivity contribution in [3.63, 3.8) is 0 Å². The number of fused-ring (bicyclic) bond motifs is 1. The van der Waals surface area contributed by atoms with Crippen LogP contribution in [0.5, 0.6) is 0 Å². The van der Waals surface area contributed by atoms with Gasteiger partial charge in [-0.05, 0) is 48.0 Å². The predicted molar refractivity (Wildman–Crippen MR) is 117 cm³/mol. The van der Waals surface area contributed by atoms with Gasteiger partial charge in [-0.1, -0.05) is 36.1 Å². The fourth-order valence-corrected chi connectivity index (χ4v) is 4.10. The molecule has 2 heterocycles. The van der Waals surface area contributed by atoms with Crippen molar-refractivity contribution in [2.24, 2.45) is 0 Å². The highest BCUT2D eigenvalue weighted by Gasteiger charge is 2.33. The number of benzene rings is 2. The van der Waals surface area contributed by atoms with Crippen LogP contribution in [0.15, 0.2) is 68.7 Å². The molecule has 0 aliphatic carbocycles. The number of hydrogen-bond acceptors (Lipinski definition) is 6. The van der Waals surface area contributed by atoms with Crippen LogP contribution in [0.1, 0.15) is 5.56 Å². The molecule has 4 rings (SSSR count). The molecule has 0 atom stereocenters. The summed E-state index contributed by atoms with van der Waals surface area (Å²) in [5, 5.41) is 3.36. The van der Waals surface area contributed by atoms with E-state index < -0.39 is 11.5 Å². The van der Waals surface area contributed by atoms with Crippen LogP contribution in [0.25, 0.3) is 17.0 Å². The zero-order valence-corrected chi connectivity index (χ0v) is 16.9. The number of nitrogens with one attached hydrogen (secondary N) is 1. The normalized spacial score (nSPS) is 15.2. The van der Waals surface area contributed by atoms with Gasteiger partial charge in [0.25, 0.3) is 5.91 Å². The van der Waals surface area contributed by atoms with Crippen molar-refractivity contribution in [1.82, 2.24) is 4.90 Å². The standard InChI is InChI=1S/C21H13FN2O4S2/c22-14-4-1-12(2-5-14)9-17-20(27)24(21(29)30-17)11-18(25)23-15-6-7-16-13(10-15)3-8-19(26)28-16/h1-10H,11H2,(H,23,25). The van der Waals surface area contributed by atoms with Gasteiger partial charge in [0.1, 0.15) is 22.3 Å². The largest absolute Gasteiger partial charge is 0.423 e. The summed E-state index contributed by atoms with van der Waals surface area (Å²) in [4.78, 5) is 37.9. The minimum absolute atomic E-state index is 0.243. The van der Waals surface area contributed by atoms with Crippen molar-refractivity contribution in [3.05, 3.63) is 81.3 Å². The molecule has 1 fully saturated rings. The van der Waals surface area contributed by atoms with Crippen LogP contribution in [0, 0.1) is 5.82 Å². The van der Waals surface area contributed by atoms with E-state index in [1.165, 1.54) is 23.1 Å². The summed E-state index contributed by atoms with van der Waals surface area (Å²) < 4.78 is 18.4. The molecule has 0 saturated carbocycles. The quantitative estimate of drug-likeness (QED) is 0.378.